The first-order valence-corrected chi connectivity index (χ1v) is 6.24. The number of aromatic nitrogens is 2. The molecule has 104 valence electrons. The Morgan fingerprint density at radius 1 is 1.42 bits per heavy atom. The fraction of sp³-hybridized carbons (Fsp3) is 0.500. The highest BCUT2D eigenvalue weighted by Gasteiger charge is 2.18. The van der Waals surface area contributed by atoms with Gasteiger partial charge in [-0.05, 0) is 6.92 Å². The van der Waals surface area contributed by atoms with Gasteiger partial charge < -0.3 is 10.4 Å². The summed E-state index contributed by atoms with van der Waals surface area (Å²) in [5.74, 6) is -0.895. The molecule has 0 aromatic carbocycles. The van der Waals surface area contributed by atoms with Crippen LogP contribution in [0.2, 0.25) is 5.02 Å². The lowest BCUT2D eigenvalue weighted by atomic mass is 10.2. The van der Waals surface area contributed by atoms with E-state index in [-0.39, 0.29) is 23.1 Å². The Morgan fingerprint density at radius 2 is 2.05 bits per heavy atom. The first-order chi connectivity index (χ1) is 8.81. The highest BCUT2D eigenvalue weighted by molar-refractivity contribution is 6.33. The van der Waals surface area contributed by atoms with E-state index in [0.717, 1.165) is 0 Å². The summed E-state index contributed by atoms with van der Waals surface area (Å²) in [5, 5.41) is 11.3. The number of carboxylic acid groups (broad SMARTS) is 1. The smallest absolute Gasteiger partial charge is 0.305 e. The SMILES string of the molecule is CC(CC(=O)O)NC(=O)c1nc(C(C)C)ncc1Cl. The molecule has 1 heterocycles. The minimum absolute atomic E-state index is 0.0672. The fourth-order valence-corrected chi connectivity index (χ4v) is 1.60. The van der Waals surface area contributed by atoms with E-state index in [1.807, 2.05) is 13.8 Å². The Balaban J connectivity index is 2.87. The van der Waals surface area contributed by atoms with Gasteiger partial charge in [-0.25, -0.2) is 9.97 Å². The highest BCUT2D eigenvalue weighted by atomic mass is 35.5. The van der Waals surface area contributed by atoms with Gasteiger partial charge in [0.25, 0.3) is 5.91 Å². The van der Waals surface area contributed by atoms with E-state index in [1.54, 1.807) is 6.92 Å². The number of carbonyl (C=O) groups is 2. The largest absolute Gasteiger partial charge is 0.481 e. The van der Waals surface area contributed by atoms with Crippen molar-refractivity contribution in [2.75, 3.05) is 0 Å². The second kappa shape index (κ2) is 6.47. The zero-order valence-electron chi connectivity index (χ0n) is 11.0. The quantitative estimate of drug-likeness (QED) is 0.861. The molecule has 1 amide bonds. The molecule has 0 bridgehead atoms. The van der Waals surface area contributed by atoms with Crippen LogP contribution in [-0.4, -0.2) is 33.0 Å². The summed E-state index contributed by atoms with van der Waals surface area (Å²) in [5.41, 5.74) is 0.0672. The van der Waals surface area contributed by atoms with Crippen LogP contribution in [0.5, 0.6) is 0 Å². The standard InChI is InChI=1S/C12H16ClN3O3/c1-6(2)11-14-5-8(13)10(16-11)12(19)15-7(3)4-9(17)18/h5-7H,4H2,1-3H3,(H,15,19)(H,17,18). The van der Waals surface area contributed by atoms with Crippen molar-refractivity contribution < 1.29 is 14.7 Å². The Kier molecular flexibility index (Phi) is 5.23. The summed E-state index contributed by atoms with van der Waals surface area (Å²) in [6, 6.07) is -0.501. The van der Waals surface area contributed by atoms with Crippen molar-refractivity contribution >= 4 is 23.5 Å². The summed E-state index contributed by atoms with van der Waals surface area (Å²) >= 11 is 5.88. The monoisotopic (exact) mass is 285 g/mol. The van der Waals surface area contributed by atoms with Crippen molar-refractivity contribution in [3.05, 3.63) is 22.7 Å². The van der Waals surface area contributed by atoms with Crippen molar-refractivity contribution in [3.63, 3.8) is 0 Å². The van der Waals surface area contributed by atoms with Gasteiger partial charge in [0, 0.05) is 12.0 Å². The number of carbonyl (C=O) groups excluding carboxylic acids is 1. The topological polar surface area (TPSA) is 92.2 Å². The van der Waals surface area contributed by atoms with Gasteiger partial charge >= 0.3 is 5.97 Å². The maximum atomic E-state index is 12.0. The van der Waals surface area contributed by atoms with Gasteiger partial charge in [0.05, 0.1) is 17.6 Å². The third-order valence-electron chi connectivity index (χ3n) is 2.35. The van der Waals surface area contributed by atoms with Gasteiger partial charge in [0.2, 0.25) is 0 Å². The zero-order valence-corrected chi connectivity index (χ0v) is 11.7. The van der Waals surface area contributed by atoms with Crippen molar-refractivity contribution in [1.29, 1.82) is 0 Å². The molecule has 0 fully saturated rings. The van der Waals surface area contributed by atoms with Gasteiger partial charge in [-0.3, -0.25) is 9.59 Å². The molecule has 0 aliphatic rings. The first kappa shape index (κ1) is 15.4. The molecule has 0 aliphatic heterocycles. The Bertz CT molecular complexity index is 491. The van der Waals surface area contributed by atoms with Crippen LogP contribution in [0.3, 0.4) is 0 Å². The number of nitrogens with zero attached hydrogens (tertiary/aromatic N) is 2. The van der Waals surface area contributed by atoms with Crippen molar-refractivity contribution in [1.82, 2.24) is 15.3 Å². The highest BCUT2D eigenvalue weighted by Crippen LogP contribution is 2.16. The normalized spacial score (nSPS) is 12.3. The Labute approximate surface area is 116 Å². The molecule has 1 aromatic heterocycles. The number of carboxylic acids is 1. The van der Waals surface area contributed by atoms with Crippen LogP contribution in [0.25, 0.3) is 0 Å². The van der Waals surface area contributed by atoms with Crippen LogP contribution in [0.15, 0.2) is 6.20 Å². The van der Waals surface area contributed by atoms with Crippen molar-refractivity contribution in [3.8, 4) is 0 Å². The molecule has 1 atom stereocenters. The zero-order chi connectivity index (χ0) is 14.6. The summed E-state index contributed by atoms with van der Waals surface area (Å²) in [6.07, 6.45) is 1.21. The van der Waals surface area contributed by atoms with E-state index in [4.69, 9.17) is 16.7 Å². The molecule has 1 unspecified atom stereocenters. The Hall–Kier alpha value is -1.69. The van der Waals surface area contributed by atoms with Crippen molar-refractivity contribution in [2.45, 2.75) is 39.2 Å². The third kappa shape index (κ3) is 4.48. The molecule has 1 rings (SSSR count). The lowest BCUT2D eigenvalue weighted by molar-refractivity contribution is -0.137. The molecule has 6 nitrogen and oxygen atoms in total. The van der Waals surface area contributed by atoms with E-state index in [2.05, 4.69) is 15.3 Å². The number of hydrogen-bond acceptors (Lipinski definition) is 4. The summed E-state index contributed by atoms with van der Waals surface area (Å²) in [6.45, 7) is 5.40. The number of nitrogens with one attached hydrogen (secondary N) is 1. The molecule has 7 heteroatoms. The number of aliphatic carboxylic acids is 1. The van der Waals surface area contributed by atoms with Crippen LogP contribution in [-0.2, 0) is 4.79 Å². The fourth-order valence-electron chi connectivity index (χ4n) is 1.42. The number of rotatable bonds is 5. The molecule has 0 spiro atoms. The average Bonchev–Trinajstić information content (AvgIpc) is 2.27. The Morgan fingerprint density at radius 3 is 2.58 bits per heavy atom. The predicted molar refractivity (Wildman–Crippen MR) is 70.3 cm³/mol. The van der Waals surface area contributed by atoms with Crippen LogP contribution in [0.1, 0.15) is 49.4 Å². The predicted octanol–water partition coefficient (Wildman–Crippen LogP) is 1.85. The molecular formula is C12H16ClN3O3. The average molecular weight is 286 g/mol. The van der Waals surface area contributed by atoms with Gasteiger partial charge in [-0.1, -0.05) is 25.4 Å². The second-order valence-corrected chi connectivity index (χ2v) is 4.96. The number of halogens is 1. The first-order valence-electron chi connectivity index (χ1n) is 5.86. The van der Waals surface area contributed by atoms with Crippen molar-refractivity contribution in [2.24, 2.45) is 0 Å². The summed E-state index contributed by atoms with van der Waals surface area (Å²) < 4.78 is 0. The molecule has 1 aromatic rings. The summed E-state index contributed by atoms with van der Waals surface area (Å²) in [4.78, 5) is 30.6. The maximum absolute atomic E-state index is 12.0. The number of amides is 1. The van der Waals surface area contributed by atoms with E-state index < -0.39 is 17.9 Å². The van der Waals surface area contributed by atoms with Crippen LogP contribution < -0.4 is 5.32 Å². The van der Waals surface area contributed by atoms with E-state index in [1.165, 1.54) is 6.20 Å². The van der Waals surface area contributed by atoms with E-state index in [0.29, 0.717) is 5.82 Å². The molecule has 2 N–H and O–H groups in total. The molecule has 0 aliphatic carbocycles. The van der Waals surface area contributed by atoms with Crippen LogP contribution in [0, 0.1) is 0 Å². The minimum atomic E-state index is -0.982. The lowest BCUT2D eigenvalue weighted by Gasteiger charge is -2.12. The van der Waals surface area contributed by atoms with Gasteiger partial charge in [-0.2, -0.15) is 0 Å². The second-order valence-electron chi connectivity index (χ2n) is 4.55. The third-order valence-corrected chi connectivity index (χ3v) is 2.63. The molecule has 0 radical (unpaired) electrons. The molecule has 19 heavy (non-hydrogen) atoms. The minimum Gasteiger partial charge on any atom is -0.481 e. The molecule has 0 saturated heterocycles. The maximum Gasteiger partial charge on any atom is 0.305 e. The van der Waals surface area contributed by atoms with Crippen LogP contribution in [0.4, 0.5) is 0 Å². The van der Waals surface area contributed by atoms with E-state index in [9.17, 15) is 9.59 Å². The van der Waals surface area contributed by atoms with Gasteiger partial charge in [0.1, 0.15) is 11.5 Å². The molecular weight excluding hydrogens is 270 g/mol. The lowest BCUT2D eigenvalue weighted by Crippen LogP contribution is -2.35. The number of hydrogen-bond donors (Lipinski definition) is 2. The summed E-state index contributed by atoms with van der Waals surface area (Å²) in [7, 11) is 0. The van der Waals surface area contributed by atoms with Crippen LogP contribution >= 0.6 is 11.6 Å². The van der Waals surface area contributed by atoms with Gasteiger partial charge in [-0.15, -0.1) is 0 Å². The molecule has 0 saturated carbocycles. The van der Waals surface area contributed by atoms with Gasteiger partial charge in [0.15, 0.2) is 0 Å². The van der Waals surface area contributed by atoms with E-state index >= 15 is 0 Å².